The predicted octanol–water partition coefficient (Wildman–Crippen LogP) is 4.72. The first-order valence-corrected chi connectivity index (χ1v) is 9.67. The number of rotatable bonds is 2. The molecule has 0 bridgehead atoms. The van der Waals surface area contributed by atoms with Crippen LogP contribution in [0.5, 0.6) is 0 Å². The molecule has 0 aromatic heterocycles. The van der Waals surface area contributed by atoms with Crippen LogP contribution in [0.3, 0.4) is 0 Å². The number of esters is 1. The van der Waals surface area contributed by atoms with Gasteiger partial charge in [-0.15, -0.1) is 0 Å². The van der Waals surface area contributed by atoms with E-state index in [1.165, 1.54) is 12.5 Å². The van der Waals surface area contributed by atoms with E-state index in [0.29, 0.717) is 30.0 Å². The monoisotopic (exact) mass is 344 g/mol. The predicted molar refractivity (Wildman–Crippen MR) is 98.8 cm³/mol. The molecule has 0 aliphatic heterocycles. The maximum atomic E-state index is 12.6. The van der Waals surface area contributed by atoms with Gasteiger partial charge in [-0.2, -0.15) is 0 Å². The van der Waals surface area contributed by atoms with Crippen LogP contribution < -0.4 is 0 Å². The molecular formula is C22H32O3. The zero-order valence-electron chi connectivity index (χ0n) is 16.3. The van der Waals surface area contributed by atoms with Crippen LogP contribution in [-0.4, -0.2) is 17.9 Å². The molecule has 3 heteroatoms. The van der Waals surface area contributed by atoms with Crippen LogP contribution in [0.25, 0.3) is 0 Å². The Kier molecular flexibility index (Phi) is 4.50. The number of carbonyl (C=O) groups excluding carboxylic acids is 2. The first-order chi connectivity index (χ1) is 11.6. The summed E-state index contributed by atoms with van der Waals surface area (Å²) in [6.45, 7) is 14.3. The second kappa shape index (κ2) is 6.10. The number of carbonyl (C=O) groups is 2. The van der Waals surface area contributed by atoms with E-state index in [2.05, 4.69) is 40.3 Å². The van der Waals surface area contributed by atoms with Gasteiger partial charge in [0.15, 0.2) is 0 Å². The highest BCUT2D eigenvalue weighted by molar-refractivity contribution is 5.85. The van der Waals surface area contributed by atoms with E-state index in [9.17, 15) is 9.59 Å². The van der Waals surface area contributed by atoms with Crippen molar-refractivity contribution in [2.75, 3.05) is 0 Å². The number of fused-ring (bicyclic) bond motifs is 3. The van der Waals surface area contributed by atoms with E-state index >= 15 is 0 Å². The molecule has 2 fully saturated rings. The molecule has 0 saturated heterocycles. The Hall–Kier alpha value is -1.38. The SMILES string of the molecule is C=CC1=C[C@@H](OC(C)=O)[C@@H]2[C@H](CC[C@@H]3C(C)(C)C(=O)CC[C@@]23C)[C@@H]1C. The van der Waals surface area contributed by atoms with Crippen molar-refractivity contribution in [2.24, 2.45) is 34.5 Å². The minimum absolute atomic E-state index is 0.0257. The van der Waals surface area contributed by atoms with Crippen LogP contribution >= 0.6 is 0 Å². The normalized spacial score (nSPS) is 42.7. The third-order valence-electron chi connectivity index (χ3n) is 7.70. The standard InChI is InChI=1S/C22H32O3/c1-7-15-12-17(25-14(3)23)20-16(13(15)2)8-9-18-21(4,5)19(24)10-11-22(18,20)6/h7,12-13,16-18,20H,1,8-11H2,2-6H3/t13-,16-,17-,18-,20+,22-/m1/s1. The van der Waals surface area contributed by atoms with Crippen molar-refractivity contribution < 1.29 is 14.3 Å². The second-order valence-electron chi connectivity index (χ2n) is 9.20. The molecule has 6 atom stereocenters. The zero-order valence-corrected chi connectivity index (χ0v) is 16.3. The highest BCUT2D eigenvalue weighted by Crippen LogP contribution is 2.63. The van der Waals surface area contributed by atoms with Crippen LogP contribution in [0.1, 0.15) is 60.3 Å². The van der Waals surface area contributed by atoms with Gasteiger partial charge in [0.25, 0.3) is 0 Å². The first kappa shape index (κ1) is 18.4. The van der Waals surface area contributed by atoms with Gasteiger partial charge in [-0.3, -0.25) is 9.59 Å². The van der Waals surface area contributed by atoms with Gasteiger partial charge in [0.1, 0.15) is 11.9 Å². The molecule has 0 radical (unpaired) electrons. The smallest absolute Gasteiger partial charge is 0.303 e. The lowest BCUT2D eigenvalue weighted by molar-refractivity contribution is -0.174. The van der Waals surface area contributed by atoms with E-state index in [1.807, 2.05) is 6.08 Å². The number of hydrogen-bond donors (Lipinski definition) is 0. The highest BCUT2D eigenvalue weighted by Gasteiger charge is 2.61. The average molecular weight is 344 g/mol. The highest BCUT2D eigenvalue weighted by atomic mass is 16.5. The molecule has 0 spiro atoms. The first-order valence-electron chi connectivity index (χ1n) is 9.67. The van der Waals surface area contributed by atoms with Crippen molar-refractivity contribution in [1.82, 2.24) is 0 Å². The maximum Gasteiger partial charge on any atom is 0.303 e. The summed E-state index contributed by atoms with van der Waals surface area (Å²) < 4.78 is 5.80. The lowest BCUT2D eigenvalue weighted by Crippen LogP contribution is -2.59. The second-order valence-corrected chi connectivity index (χ2v) is 9.20. The number of hydrogen-bond acceptors (Lipinski definition) is 3. The van der Waals surface area contributed by atoms with Crippen molar-refractivity contribution in [3.8, 4) is 0 Å². The van der Waals surface area contributed by atoms with Crippen LogP contribution in [-0.2, 0) is 14.3 Å². The molecule has 25 heavy (non-hydrogen) atoms. The Balaban J connectivity index is 2.07. The number of allylic oxidation sites excluding steroid dienone is 2. The van der Waals surface area contributed by atoms with Gasteiger partial charge in [-0.1, -0.05) is 40.3 Å². The maximum absolute atomic E-state index is 12.6. The molecule has 3 rings (SSSR count). The molecule has 0 aromatic carbocycles. The Morgan fingerprint density at radius 2 is 2.00 bits per heavy atom. The largest absolute Gasteiger partial charge is 0.458 e. The van der Waals surface area contributed by atoms with Crippen molar-refractivity contribution in [3.63, 3.8) is 0 Å². The third-order valence-corrected chi connectivity index (χ3v) is 7.70. The molecule has 0 amide bonds. The van der Waals surface area contributed by atoms with Gasteiger partial charge < -0.3 is 4.74 Å². The van der Waals surface area contributed by atoms with Crippen molar-refractivity contribution >= 4 is 11.8 Å². The molecule has 3 nitrogen and oxygen atoms in total. The Morgan fingerprint density at radius 3 is 2.60 bits per heavy atom. The summed E-state index contributed by atoms with van der Waals surface area (Å²) in [6.07, 6.45) is 7.55. The fraction of sp³-hybridized carbons (Fsp3) is 0.727. The summed E-state index contributed by atoms with van der Waals surface area (Å²) in [6, 6.07) is 0. The van der Waals surface area contributed by atoms with E-state index < -0.39 is 0 Å². The third kappa shape index (κ3) is 2.71. The molecular weight excluding hydrogens is 312 g/mol. The van der Waals surface area contributed by atoms with Gasteiger partial charge in [-0.25, -0.2) is 0 Å². The summed E-state index contributed by atoms with van der Waals surface area (Å²) in [5.74, 6) is 1.70. The number of ether oxygens (including phenoxy) is 1. The molecule has 138 valence electrons. The van der Waals surface area contributed by atoms with Gasteiger partial charge in [0.2, 0.25) is 0 Å². The fourth-order valence-corrected chi connectivity index (χ4v) is 6.44. The lowest BCUT2D eigenvalue weighted by atomic mass is 9.43. The lowest BCUT2D eigenvalue weighted by Gasteiger charge is -2.61. The molecule has 3 aliphatic rings. The molecule has 0 unspecified atom stereocenters. The molecule has 2 saturated carbocycles. The zero-order chi connectivity index (χ0) is 18.6. The summed E-state index contributed by atoms with van der Waals surface area (Å²) >= 11 is 0. The summed E-state index contributed by atoms with van der Waals surface area (Å²) in [7, 11) is 0. The van der Waals surface area contributed by atoms with Crippen molar-refractivity contribution in [3.05, 3.63) is 24.3 Å². The van der Waals surface area contributed by atoms with Crippen LogP contribution in [0.2, 0.25) is 0 Å². The summed E-state index contributed by atoms with van der Waals surface area (Å²) in [4.78, 5) is 24.4. The van der Waals surface area contributed by atoms with Crippen LogP contribution in [0.15, 0.2) is 24.3 Å². The van der Waals surface area contributed by atoms with Gasteiger partial charge >= 0.3 is 5.97 Å². The summed E-state index contributed by atoms with van der Waals surface area (Å²) in [5, 5.41) is 0. The molecule has 0 heterocycles. The Labute approximate surface area is 151 Å². The van der Waals surface area contributed by atoms with Crippen molar-refractivity contribution in [2.45, 2.75) is 66.4 Å². The van der Waals surface area contributed by atoms with Crippen LogP contribution in [0.4, 0.5) is 0 Å². The summed E-state index contributed by atoms with van der Waals surface area (Å²) in [5.41, 5.74) is 0.933. The van der Waals surface area contributed by atoms with E-state index in [0.717, 1.165) is 19.3 Å². The quantitative estimate of drug-likeness (QED) is 0.681. The van der Waals surface area contributed by atoms with Crippen molar-refractivity contribution in [1.29, 1.82) is 0 Å². The fourth-order valence-electron chi connectivity index (χ4n) is 6.44. The van der Waals surface area contributed by atoms with Gasteiger partial charge in [0.05, 0.1) is 0 Å². The Bertz CT molecular complexity index is 629. The van der Waals surface area contributed by atoms with Gasteiger partial charge in [-0.05, 0) is 54.1 Å². The molecule has 3 aliphatic carbocycles. The van der Waals surface area contributed by atoms with E-state index in [1.54, 1.807) is 0 Å². The topological polar surface area (TPSA) is 43.4 Å². The van der Waals surface area contributed by atoms with Gasteiger partial charge in [0, 0.05) is 24.7 Å². The number of ketones is 1. The molecule has 0 N–H and O–H groups in total. The van der Waals surface area contributed by atoms with Crippen LogP contribution in [0, 0.1) is 34.5 Å². The number of Topliss-reactive ketones (excluding diaryl/α,β-unsaturated/α-hetero) is 1. The van der Waals surface area contributed by atoms with E-state index in [-0.39, 0.29) is 28.8 Å². The minimum atomic E-state index is -0.287. The minimum Gasteiger partial charge on any atom is -0.458 e. The van der Waals surface area contributed by atoms with E-state index in [4.69, 9.17) is 4.74 Å². The molecule has 0 aromatic rings. The average Bonchev–Trinajstić information content (AvgIpc) is 2.53. The Morgan fingerprint density at radius 1 is 1.32 bits per heavy atom.